The molecule has 10 nitrogen and oxygen atoms in total. The van der Waals surface area contributed by atoms with Gasteiger partial charge in [-0.05, 0) is 18.9 Å². The Kier molecular flexibility index (Phi) is 5.26. The minimum atomic E-state index is 0.0445. The van der Waals surface area contributed by atoms with Crippen LogP contribution in [-0.4, -0.2) is 62.0 Å². The molecule has 1 unspecified atom stereocenters. The molecule has 160 valence electrons. The number of nitrogens with zero attached hydrogens (tertiary/aromatic N) is 7. The molecule has 2 aliphatic rings. The van der Waals surface area contributed by atoms with E-state index in [0.717, 1.165) is 51.0 Å². The van der Waals surface area contributed by atoms with Gasteiger partial charge in [-0.25, -0.2) is 19.6 Å². The van der Waals surface area contributed by atoms with Gasteiger partial charge in [-0.3, -0.25) is 0 Å². The normalized spacial score (nSPS) is 20.0. The van der Waals surface area contributed by atoms with Gasteiger partial charge in [-0.2, -0.15) is 10.4 Å². The molecular formula is C21H24N8O2. The minimum Gasteiger partial charge on any atom is -0.474 e. The second-order valence-corrected chi connectivity index (χ2v) is 7.91. The number of anilines is 1. The summed E-state index contributed by atoms with van der Waals surface area (Å²) in [6.45, 7) is 2.81. The van der Waals surface area contributed by atoms with Crippen molar-refractivity contribution in [1.29, 1.82) is 5.26 Å². The summed E-state index contributed by atoms with van der Waals surface area (Å²) >= 11 is 0. The highest BCUT2D eigenvalue weighted by molar-refractivity contribution is 5.98. The van der Waals surface area contributed by atoms with Gasteiger partial charge in [-0.1, -0.05) is 0 Å². The smallest absolute Gasteiger partial charge is 0.213 e. The third kappa shape index (κ3) is 3.84. The molecule has 0 bridgehead atoms. The van der Waals surface area contributed by atoms with E-state index in [1.807, 2.05) is 16.8 Å². The topological polar surface area (TPSA) is 128 Å². The number of hydrogen-bond acceptors (Lipinski definition) is 9. The van der Waals surface area contributed by atoms with Crippen molar-refractivity contribution in [3.05, 3.63) is 24.7 Å². The van der Waals surface area contributed by atoms with Crippen LogP contribution in [0.2, 0.25) is 0 Å². The van der Waals surface area contributed by atoms with E-state index < -0.39 is 0 Å². The maximum atomic E-state index is 9.31. The molecule has 1 atom stereocenters. The summed E-state index contributed by atoms with van der Waals surface area (Å²) in [6, 6.07) is 3.83. The largest absolute Gasteiger partial charge is 0.474 e. The summed E-state index contributed by atoms with van der Waals surface area (Å²) in [6.07, 6.45) is 9.16. The Morgan fingerprint density at radius 2 is 2.03 bits per heavy atom. The van der Waals surface area contributed by atoms with Crippen molar-refractivity contribution >= 4 is 16.9 Å². The Balaban J connectivity index is 1.47. The molecule has 3 aromatic rings. The second-order valence-electron chi connectivity index (χ2n) is 7.91. The van der Waals surface area contributed by atoms with Crippen LogP contribution in [0.1, 0.15) is 31.7 Å². The molecule has 2 fully saturated rings. The average molecular weight is 420 g/mol. The molecule has 0 amide bonds. The van der Waals surface area contributed by atoms with Crippen molar-refractivity contribution < 1.29 is 9.47 Å². The van der Waals surface area contributed by atoms with Crippen LogP contribution in [0.4, 0.5) is 5.82 Å². The average Bonchev–Trinajstić information content (AvgIpc) is 3.21. The van der Waals surface area contributed by atoms with E-state index in [4.69, 9.17) is 20.3 Å². The molecule has 2 N–H and O–H groups in total. The zero-order valence-electron chi connectivity index (χ0n) is 17.1. The SMILES string of the molecule is N#CN1CCCC(n2nc(-c3ccc(OC4CCOCC4)nc3)c3c(N)ncnc32)C1. The van der Waals surface area contributed by atoms with E-state index in [2.05, 4.69) is 21.1 Å². The summed E-state index contributed by atoms with van der Waals surface area (Å²) in [5.74, 6) is 0.960. The lowest BCUT2D eigenvalue weighted by Crippen LogP contribution is -2.33. The molecule has 31 heavy (non-hydrogen) atoms. The fourth-order valence-corrected chi connectivity index (χ4v) is 4.25. The van der Waals surface area contributed by atoms with Crippen LogP contribution in [-0.2, 0) is 4.74 Å². The molecule has 2 aliphatic heterocycles. The zero-order chi connectivity index (χ0) is 21.2. The number of pyridine rings is 1. The van der Waals surface area contributed by atoms with E-state index in [-0.39, 0.29) is 12.1 Å². The van der Waals surface area contributed by atoms with Gasteiger partial charge in [0, 0.05) is 37.2 Å². The van der Waals surface area contributed by atoms with Crippen molar-refractivity contribution in [3.8, 4) is 23.3 Å². The van der Waals surface area contributed by atoms with Gasteiger partial charge in [-0.15, -0.1) is 0 Å². The van der Waals surface area contributed by atoms with Crippen LogP contribution in [0.15, 0.2) is 24.7 Å². The summed E-state index contributed by atoms with van der Waals surface area (Å²) in [7, 11) is 0. The number of nitrogen functional groups attached to an aromatic ring is 1. The maximum Gasteiger partial charge on any atom is 0.213 e. The molecule has 3 aromatic heterocycles. The van der Waals surface area contributed by atoms with E-state index in [0.29, 0.717) is 35.0 Å². The Morgan fingerprint density at radius 1 is 1.16 bits per heavy atom. The Morgan fingerprint density at radius 3 is 2.81 bits per heavy atom. The first-order valence-electron chi connectivity index (χ1n) is 10.6. The van der Waals surface area contributed by atoms with Gasteiger partial charge >= 0.3 is 0 Å². The van der Waals surface area contributed by atoms with Crippen molar-refractivity contribution in [1.82, 2.24) is 29.6 Å². The standard InChI is InChI=1S/C21H24N8O2/c22-12-28-7-1-2-15(11-28)29-21-18(20(23)25-13-26-21)19(27-29)14-3-4-17(24-10-14)31-16-5-8-30-9-6-16/h3-4,10,13,15-16H,1-2,5-9,11H2,(H2,23,25,26). The Bertz CT molecular complexity index is 1100. The van der Waals surface area contributed by atoms with Crippen molar-refractivity contribution in [2.75, 3.05) is 32.0 Å². The number of nitrogens with two attached hydrogens (primary N) is 1. The van der Waals surface area contributed by atoms with E-state index >= 15 is 0 Å². The molecule has 5 heterocycles. The molecule has 0 radical (unpaired) electrons. The number of aromatic nitrogens is 5. The predicted molar refractivity (Wildman–Crippen MR) is 113 cm³/mol. The fourth-order valence-electron chi connectivity index (χ4n) is 4.25. The highest BCUT2D eigenvalue weighted by Crippen LogP contribution is 2.33. The van der Waals surface area contributed by atoms with Crippen LogP contribution in [0.25, 0.3) is 22.3 Å². The summed E-state index contributed by atoms with van der Waals surface area (Å²) < 4.78 is 13.2. The molecule has 0 aromatic carbocycles. The van der Waals surface area contributed by atoms with Crippen LogP contribution in [0.3, 0.4) is 0 Å². The molecule has 0 saturated carbocycles. The summed E-state index contributed by atoms with van der Waals surface area (Å²) in [5.41, 5.74) is 8.40. The highest BCUT2D eigenvalue weighted by Gasteiger charge is 2.26. The molecule has 5 rings (SSSR count). The molecule has 0 aliphatic carbocycles. The second kappa shape index (κ2) is 8.35. The third-order valence-corrected chi connectivity index (χ3v) is 5.87. The first-order valence-corrected chi connectivity index (χ1v) is 10.6. The lowest BCUT2D eigenvalue weighted by Gasteiger charge is -2.28. The molecule has 10 heteroatoms. The van der Waals surface area contributed by atoms with Crippen LogP contribution < -0.4 is 10.5 Å². The Hall–Kier alpha value is -3.45. The van der Waals surface area contributed by atoms with Crippen molar-refractivity contribution in [2.24, 2.45) is 0 Å². The summed E-state index contributed by atoms with van der Waals surface area (Å²) in [5, 5.41) is 14.9. The monoisotopic (exact) mass is 420 g/mol. The first kappa shape index (κ1) is 19.5. The van der Waals surface area contributed by atoms with Crippen molar-refractivity contribution in [2.45, 2.75) is 37.8 Å². The highest BCUT2D eigenvalue weighted by atomic mass is 16.5. The lowest BCUT2D eigenvalue weighted by atomic mass is 10.1. The Labute approximate surface area is 179 Å². The van der Waals surface area contributed by atoms with Gasteiger partial charge in [0.1, 0.15) is 23.9 Å². The van der Waals surface area contributed by atoms with Crippen LogP contribution in [0.5, 0.6) is 5.88 Å². The summed E-state index contributed by atoms with van der Waals surface area (Å²) in [4.78, 5) is 14.9. The minimum absolute atomic E-state index is 0.0445. The zero-order valence-corrected chi connectivity index (χ0v) is 17.1. The molecule has 0 spiro atoms. The van der Waals surface area contributed by atoms with Gasteiger partial charge in [0.25, 0.3) is 0 Å². The van der Waals surface area contributed by atoms with Crippen LogP contribution in [0, 0.1) is 11.5 Å². The maximum absolute atomic E-state index is 9.31. The first-order chi connectivity index (χ1) is 15.2. The molecule has 2 saturated heterocycles. The number of fused-ring (bicyclic) bond motifs is 1. The number of ether oxygens (including phenoxy) is 2. The third-order valence-electron chi connectivity index (χ3n) is 5.87. The molecular weight excluding hydrogens is 396 g/mol. The number of nitriles is 1. The lowest BCUT2D eigenvalue weighted by molar-refractivity contribution is 0.0237. The fraction of sp³-hybridized carbons (Fsp3) is 0.476. The van der Waals surface area contributed by atoms with Gasteiger partial charge < -0.3 is 20.1 Å². The van der Waals surface area contributed by atoms with Gasteiger partial charge in [0.2, 0.25) is 5.88 Å². The van der Waals surface area contributed by atoms with Gasteiger partial charge in [0.05, 0.1) is 31.2 Å². The quantitative estimate of drug-likeness (QED) is 0.631. The number of hydrogen-bond donors (Lipinski definition) is 1. The van der Waals surface area contributed by atoms with E-state index in [1.54, 1.807) is 11.1 Å². The number of piperidine rings is 1. The van der Waals surface area contributed by atoms with Crippen molar-refractivity contribution in [3.63, 3.8) is 0 Å². The van der Waals surface area contributed by atoms with E-state index in [9.17, 15) is 5.26 Å². The van der Waals surface area contributed by atoms with Gasteiger partial charge in [0.15, 0.2) is 11.8 Å². The van der Waals surface area contributed by atoms with E-state index in [1.165, 1.54) is 6.33 Å². The predicted octanol–water partition coefficient (Wildman–Crippen LogP) is 2.15. The number of likely N-dealkylation sites (tertiary alicyclic amines) is 1. The van der Waals surface area contributed by atoms with Crippen LogP contribution >= 0.6 is 0 Å². The number of rotatable bonds is 4.